The molecule has 1 aromatic rings. The third kappa shape index (κ3) is 2.56. The summed E-state index contributed by atoms with van der Waals surface area (Å²) in [6.07, 6.45) is 0. The predicted molar refractivity (Wildman–Crippen MR) is 65.1 cm³/mol. The predicted octanol–water partition coefficient (Wildman–Crippen LogP) is 3.29. The van der Waals surface area contributed by atoms with Gasteiger partial charge in [0, 0.05) is 0 Å². The summed E-state index contributed by atoms with van der Waals surface area (Å²) in [5, 5.41) is 0. The Hall–Kier alpha value is -1.02. The highest BCUT2D eigenvalue weighted by molar-refractivity contribution is 5.36. The van der Waals surface area contributed by atoms with Crippen molar-refractivity contribution in [3.05, 3.63) is 29.3 Å². The van der Waals surface area contributed by atoms with Crippen molar-refractivity contribution in [1.82, 2.24) is 0 Å². The lowest BCUT2D eigenvalue weighted by atomic mass is 9.98. The number of ether oxygens (including phenoxy) is 2. The fourth-order valence-electron chi connectivity index (χ4n) is 1.83. The minimum atomic E-state index is -0.0371. The first kappa shape index (κ1) is 11.5. The van der Waals surface area contributed by atoms with E-state index in [1.165, 1.54) is 11.1 Å². The number of hydrogen-bond donors (Lipinski definition) is 0. The van der Waals surface area contributed by atoms with Gasteiger partial charge in [-0.3, -0.25) is 0 Å². The average Bonchev–Trinajstić information content (AvgIpc) is 2.94. The molecule has 16 heavy (non-hydrogen) atoms. The summed E-state index contributed by atoms with van der Waals surface area (Å²) >= 11 is 0. The molecule has 0 saturated carbocycles. The Morgan fingerprint density at radius 1 is 1.44 bits per heavy atom. The van der Waals surface area contributed by atoms with Crippen LogP contribution in [0.4, 0.5) is 0 Å². The second-order valence-corrected chi connectivity index (χ2v) is 5.20. The summed E-state index contributed by atoms with van der Waals surface area (Å²) in [5.74, 6) is 1.51. The topological polar surface area (TPSA) is 21.8 Å². The van der Waals surface area contributed by atoms with Crippen LogP contribution in [0, 0.1) is 6.92 Å². The molecule has 2 nitrogen and oxygen atoms in total. The third-order valence-corrected chi connectivity index (χ3v) is 3.04. The molecule has 1 fully saturated rings. The zero-order valence-electron chi connectivity index (χ0n) is 10.5. The smallest absolute Gasteiger partial charge is 0.123 e. The van der Waals surface area contributed by atoms with Gasteiger partial charge in [0.2, 0.25) is 0 Å². The van der Waals surface area contributed by atoms with Gasteiger partial charge in [0.1, 0.15) is 18.0 Å². The van der Waals surface area contributed by atoms with Gasteiger partial charge >= 0.3 is 0 Å². The van der Waals surface area contributed by atoms with Crippen molar-refractivity contribution in [3.8, 4) is 5.75 Å². The van der Waals surface area contributed by atoms with Crippen LogP contribution >= 0.6 is 0 Å². The van der Waals surface area contributed by atoms with Crippen LogP contribution in [0.15, 0.2) is 18.2 Å². The molecular formula is C14H20O2. The summed E-state index contributed by atoms with van der Waals surface area (Å²) in [6, 6.07) is 6.32. The van der Waals surface area contributed by atoms with Gasteiger partial charge in [-0.25, -0.2) is 0 Å². The summed E-state index contributed by atoms with van der Waals surface area (Å²) in [5.41, 5.74) is 2.65. The molecule has 1 aliphatic rings. The van der Waals surface area contributed by atoms with Crippen molar-refractivity contribution >= 4 is 0 Å². The SMILES string of the molecule is Cc1cc(OCC2(C)CO2)ccc1C(C)C. The van der Waals surface area contributed by atoms with E-state index in [1.54, 1.807) is 0 Å². The first-order valence-electron chi connectivity index (χ1n) is 5.87. The highest BCUT2D eigenvalue weighted by Crippen LogP contribution is 2.28. The van der Waals surface area contributed by atoms with E-state index in [2.05, 4.69) is 39.8 Å². The van der Waals surface area contributed by atoms with E-state index in [0.29, 0.717) is 12.5 Å². The van der Waals surface area contributed by atoms with Crippen LogP contribution in [-0.2, 0) is 4.74 Å². The molecule has 2 heteroatoms. The summed E-state index contributed by atoms with van der Waals surface area (Å²) in [6.45, 7) is 10.1. The van der Waals surface area contributed by atoms with E-state index >= 15 is 0 Å². The van der Waals surface area contributed by atoms with Gasteiger partial charge in [0.25, 0.3) is 0 Å². The second-order valence-electron chi connectivity index (χ2n) is 5.20. The van der Waals surface area contributed by atoms with E-state index in [4.69, 9.17) is 9.47 Å². The molecule has 1 heterocycles. The molecule has 0 spiro atoms. The molecule has 1 saturated heterocycles. The van der Waals surface area contributed by atoms with E-state index < -0.39 is 0 Å². The van der Waals surface area contributed by atoms with Gasteiger partial charge in [0.15, 0.2) is 0 Å². The maximum absolute atomic E-state index is 5.72. The first-order chi connectivity index (χ1) is 7.50. The van der Waals surface area contributed by atoms with E-state index in [9.17, 15) is 0 Å². The molecule has 1 unspecified atom stereocenters. The van der Waals surface area contributed by atoms with E-state index in [0.717, 1.165) is 12.4 Å². The van der Waals surface area contributed by atoms with Crippen molar-refractivity contribution < 1.29 is 9.47 Å². The molecule has 1 aliphatic heterocycles. The molecule has 0 aromatic heterocycles. The van der Waals surface area contributed by atoms with Gasteiger partial charge in [-0.1, -0.05) is 19.9 Å². The van der Waals surface area contributed by atoms with E-state index in [1.807, 2.05) is 6.07 Å². The zero-order valence-corrected chi connectivity index (χ0v) is 10.5. The van der Waals surface area contributed by atoms with Crippen LogP contribution in [0.1, 0.15) is 37.8 Å². The third-order valence-electron chi connectivity index (χ3n) is 3.04. The minimum Gasteiger partial charge on any atom is -0.490 e. The van der Waals surface area contributed by atoms with Crippen LogP contribution in [0.5, 0.6) is 5.75 Å². The molecule has 1 atom stereocenters. The second kappa shape index (κ2) is 4.10. The fourth-order valence-corrected chi connectivity index (χ4v) is 1.83. The highest BCUT2D eigenvalue weighted by Gasteiger charge is 2.40. The minimum absolute atomic E-state index is 0.0371. The zero-order chi connectivity index (χ0) is 11.8. The average molecular weight is 220 g/mol. The van der Waals surface area contributed by atoms with Crippen LogP contribution in [0.3, 0.4) is 0 Å². The quantitative estimate of drug-likeness (QED) is 0.726. The number of aryl methyl sites for hydroxylation is 1. The van der Waals surface area contributed by atoms with Crippen molar-refractivity contribution in [1.29, 1.82) is 0 Å². The van der Waals surface area contributed by atoms with Crippen LogP contribution in [-0.4, -0.2) is 18.8 Å². The molecule has 0 radical (unpaired) electrons. The maximum atomic E-state index is 5.72. The highest BCUT2D eigenvalue weighted by atomic mass is 16.6. The lowest BCUT2D eigenvalue weighted by molar-refractivity contribution is 0.202. The Labute approximate surface area is 97.6 Å². The van der Waals surface area contributed by atoms with Crippen molar-refractivity contribution in [2.24, 2.45) is 0 Å². The van der Waals surface area contributed by atoms with Crippen LogP contribution in [0.25, 0.3) is 0 Å². The van der Waals surface area contributed by atoms with Gasteiger partial charge < -0.3 is 9.47 Å². The molecule has 0 aliphatic carbocycles. The van der Waals surface area contributed by atoms with Crippen molar-refractivity contribution in [3.63, 3.8) is 0 Å². The van der Waals surface area contributed by atoms with E-state index in [-0.39, 0.29) is 5.60 Å². The molecule has 2 rings (SSSR count). The molecule has 0 N–H and O–H groups in total. The molecule has 0 amide bonds. The monoisotopic (exact) mass is 220 g/mol. The number of benzene rings is 1. The Bertz CT molecular complexity index is 378. The normalized spacial score (nSPS) is 23.6. The molecule has 88 valence electrons. The summed E-state index contributed by atoms with van der Waals surface area (Å²) in [7, 11) is 0. The Kier molecular flexibility index (Phi) is 2.94. The number of epoxide rings is 1. The van der Waals surface area contributed by atoms with Gasteiger partial charge in [-0.2, -0.15) is 0 Å². The Morgan fingerprint density at radius 2 is 2.12 bits per heavy atom. The molecule has 1 aromatic carbocycles. The van der Waals surface area contributed by atoms with Gasteiger partial charge in [-0.15, -0.1) is 0 Å². The Morgan fingerprint density at radius 3 is 2.62 bits per heavy atom. The van der Waals surface area contributed by atoms with Gasteiger partial charge in [0.05, 0.1) is 6.61 Å². The van der Waals surface area contributed by atoms with Crippen LogP contribution in [0.2, 0.25) is 0 Å². The lowest BCUT2D eigenvalue weighted by Crippen LogP contribution is -2.16. The largest absolute Gasteiger partial charge is 0.490 e. The summed E-state index contributed by atoms with van der Waals surface area (Å²) in [4.78, 5) is 0. The first-order valence-corrected chi connectivity index (χ1v) is 5.87. The number of hydrogen-bond acceptors (Lipinski definition) is 2. The lowest BCUT2D eigenvalue weighted by Gasteiger charge is -2.13. The fraction of sp³-hybridized carbons (Fsp3) is 0.571. The molecular weight excluding hydrogens is 200 g/mol. The molecule has 0 bridgehead atoms. The maximum Gasteiger partial charge on any atom is 0.123 e. The summed E-state index contributed by atoms with van der Waals surface area (Å²) < 4.78 is 11.0. The van der Waals surface area contributed by atoms with Crippen molar-refractivity contribution in [2.45, 2.75) is 39.2 Å². The number of rotatable bonds is 4. The standard InChI is InChI=1S/C14H20O2/c1-10(2)13-6-5-12(7-11(13)3)15-8-14(4)9-16-14/h5-7,10H,8-9H2,1-4H3. The Balaban J connectivity index is 2.03. The van der Waals surface area contributed by atoms with Gasteiger partial charge in [-0.05, 0) is 43.0 Å². The van der Waals surface area contributed by atoms with Crippen LogP contribution < -0.4 is 4.74 Å². The van der Waals surface area contributed by atoms with Crippen molar-refractivity contribution in [2.75, 3.05) is 13.2 Å².